The van der Waals surface area contributed by atoms with Gasteiger partial charge in [-0.2, -0.15) is 26.3 Å². The van der Waals surface area contributed by atoms with Crippen LogP contribution >= 0.6 is 0 Å². The molecule has 17 heteroatoms. The smallest absolute Gasteiger partial charge is 0.392 e. The summed E-state index contributed by atoms with van der Waals surface area (Å²) in [6.07, 6.45) is -6.80. The van der Waals surface area contributed by atoms with Gasteiger partial charge in [0.25, 0.3) is 0 Å². The number of rotatable bonds is 7. The van der Waals surface area contributed by atoms with E-state index in [2.05, 4.69) is 15.3 Å². The van der Waals surface area contributed by atoms with E-state index in [4.69, 9.17) is 0 Å². The minimum absolute atomic E-state index is 0.0319. The number of alkyl halides is 6. The highest BCUT2D eigenvalue weighted by molar-refractivity contribution is 7.90. The van der Waals surface area contributed by atoms with Crippen molar-refractivity contribution in [3.05, 3.63) is 95.0 Å². The SMILES string of the molecule is Cc1nc(C(F)(F)F)cn1-c1ccc(-c2cc(F)c(CO)c(S(C)(=O)=O)c2)cc1-n1nncc1-c1cc(C(F)(F)F)ccc1C=O. The van der Waals surface area contributed by atoms with Crippen molar-refractivity contribution in [3.63, 3.8) is 0 Å². The number of hydrogen-bond donors (Lipinski definition) is 1. The zero-order valence-electron chi connectivity index (χ0n) is 23.5. The number of aryl methyl sites for hydroxylation is 1. The van der Waals surface area contributed by atoms with Crippen LogP contribution in [0.2, 0.25) is 0 Å². The zero-order chi connectivity index (χ0) is 33.8. The number of aliphatic hydroxyl groups excluding tert-OH is 1. The van der Waals surface area contributed by atoms with E-state index < -0.39 is 56.3 Å². The average Bonchev–Trinajstić information content (AvgIpc) is 3.62. The van der Waals surface area contributed by atoms with Gasteiger partial charge in [0.1, 0.15) is 11.6 Å². The molecule has 1 N–H and O–H groups in total. The van der Waals surface area contributed by atoms with Crippen molar-refractivity contribution in [2.75, 3.05) is 6.26 Å². The predicted molar refractivity (Wildman–Crippen MR) is 148 cm³/mol. The van der Waals surface area contributed by atoms with E-state index in [0.717, 1.165) is 39.9 Å². The summed E-state index contributed by atoms with van der Waals surface area (Å²) in [5.74, 6) is -1.21. The Labute approximate surface area is 255 Å². The Morgan fingerprint density at radius 1 is 0.935 bits per heavy atom. The van der Waals surface area contributed by atoms with Crippen molar-refractivity contribution in [1.82, 2.24) is 24.5 Å². The fourth-order valence-electron chi connectivity index (χ4n) is 4.85. The maximum atomic E-state index is 15.0. The minimum Gasteiger partial charge on any atom is -0.392 e. The summed E-state index contributed by atoms with van der Waals surface area (Å²) in [5.41, 5.74) is -3.54. The Morgan fingerprint density at radius 3 is 2.24 bits per heavy atom. The first-order valence-electron chi connectivity index (χ1n) is 12.9. The van der Waals surface area contributed by atoms with Crippen LogP contribution in [0, 0.1) is 12.7 Å². The highest BCUT2D eigenvalue weighted by Crippen LogP contribution is 2.37. The Morgan fingerprint density at radius 2 is 1.65 bits per heavy atom. The van der Waals surface area contributed by atoms with Gasteiger partial charge in [-0.25, -0.2) is 22.5 Å². The molecule has 3 aromatic carbocycles. The maximum Gasteiger partial charge on any atom is 0.434 e. The van der Waals surface area contributed by atoms with Gasteiger partial charge in [0.15, 0.2) is 21.8 Å². The second kappa shape index (κ2) is 11.5. The molecule has 0 spiro atoms. The first-order valence-corrected chi connectivity index (χ1v) is 14.8. The van der Waals surface area contributed by atoms with Crippen molar-refractivity contribution in [1.29, 1.82) is 0 Å². The van der Waals surface area contributed by atoms with E-state index in [9.17, 15) is 44.7 Å². The van der Waals surface area contributed by atoms with Gasteiger partial charge < -0.3 is 9.67 Å². The molecule has 0 fully saturated rings. The number of carbonyl (C=O) groups is 1. The summed E-state index contributed by atoms with van der Waals surface area (Å²) in [6.45, 7) is 0.340. The normalized spacial score (nSPS) is 12.5. The van der Waals surface area contributed by atoms with Crippen LogP contribution in [0.5, 0.6) is 0 Å². The van der Waals surface area contributed by atoms with Gasteiger partial charge in [-0.3, -0.25) is 4.79 Å². The number of sulfone groups is 1. The summed E-state index contributed by atoms with van der Waals surface area (Å²) in [4.78, 5) is 14.9. The minimum atomic E-state index is -4.83. The molecule has 0 atom stereocenters. The number of carbonyl (C=O) groups excluding carboxylic acids is 1. The van der Waals surface area contributed by atoms with E-state index in [1.807, 2.05) is 0 Å². The van der Waals surface area contributed by atoms with Gasteiger partial charge >= 0.3 is 12.4 Å². The summed E-state index contributed by atoms with van der Waals surface area (Å²) in [5, 5.41) is 17.3. The Balaban J connectivity index is 1.82. The molecular formula is C29H20F7N5O4S. The van der Waals surface area contributed by atoms with Crippen LogP contribution in [0.3, 0.4) is 0 Å². The molecule has 9 nitrogen and oxygen atoms in total. The molecule has 0 saturated heterocycles. The lowest BCUT2D eigenvalue weighted by Gasteiger charge is -2.17. The lowest BCUT2D eigenvalue weighted by Crippen LogP contribution is -2.10. The zero-order valence-corrected chi connectivity index (χ0v) is 24.3. The van der Waals surface area contributed by atoms with Gasteiger partial charge in [-0.15, -0.1) is 5.10 Å². The molecule has 0 unspecified atom stereocenters. The first kappa shape index (κ1) is 32.5. The van der Waals surface area contributed by atoms with E-state index in [-0.39, 0.29) is 45.1 Å². The third-order valence-corrected chi connectivity index (χ3v) is 8.18. The second-order valence-corrected chi connectivity index (χ2v) is 12.0. The van der Waals surface area contributed by atoms with Crippen molar-refractivity contribution >= 4 is 16.1 Å². The van der Waals surface area contributed by atoms with Crippen LogP contribution in [-0.4, -0.2) is 50.6 Å². The predicted octanol–water partition coefficient (Wildman–Crippen LogP) is 5.98. The summed E-state index contributed by atoms with van der Waals surface area (Å²) >= 11 is 0. The van der Waals surface area contributed by atoms with Crippen molar-refractivity contribution in [2.45, 2.75) is 30.8 Å². The van der Waals surface area contributed by atoms with E-state index in [0.29, 0.717) is 24.6 Å². The van der Waals surface area contributed by atoms with Gasteiger partial charge in [0, 0.05) is 29.1 Å². The lowest BCUT2D eigenvalue weighted by molar-refractivity contribution is -0.141. The van der Waals surface area contributed by atoms with E-state index in [1.165, 1.54) is 25.1 Å². The molecule has 0 bridgehead atoms. The Bertz CT molecular complexity index is 2100. The van der Waals surface area contributed by atoms with Gasteiger partial charge in [-0.05, 0) is 54.4 Å². The quantitative estimate of drug-likeness (QED) is 0.168. The molecule has 0 aliphatic carbocycles. The molecule has 0 aliphatic rings. The van der Waals surface area contributed by atoms with Crippen molar-refractivity contribution in [2.24, 2.45) is 0 Å². The second-order valence-electron chi connectivity index (χ2n) is 10.1. The van der Waals surface area contributed by atoms with Gasteiger partial charge in [0.05, 0.1) is 40.3 Å². The van der Waals surface area contributed by atoms with E-state index in [1.54, 1.807) is 0 Å². The van der Waals surface area contributed by atoms with Crippen LogP contribution in [-0.2, 0) is 28.8 Å². The molecule has 0 aliphatic heterocycles. The van der Waals surface area contributed by atoms with Gasteiger partial charge in [-0.1, -0.05) is 17.3 Å². The van der Waals surface area contributed by atoms with Crippen molar-refractivity contribution < 1.29 is 49.1 Å². The van der Waals surface area contributed by atoms with Crippen LogP contribution in [0.4, 0.5) is 30.7 Å². The molecule has 5 aromatic rings. The lowest BCUT2D eigenvalue weighted by atomic mass is 10.0. The number of aromatic nitrogens is 5. The Kier molecular flexibility index (Phi) is 8.10. The number of halogens is 7. The highest BCUT2D eigenvalue weighted by atomic mass is 32.2. The number of nitrogens with zero attached hydrogens (tertiary/aromatic N) is 5. The molecule has 0 saturated carbocycles. The third kappa shape index (κ3) is 6.02. The third-order valence-electron chi connectivity index (χ3n) is 7.01. The first-order chi connectivity index (χ1) is 21.4. The molecular weight excluding hydrogens is 647 g/mol. The number of benzene rings is 3. The largest absolute Gasteiger partial charge is 0.434 e. The molecule has 46 heavy (non-hydrogen) atoms. The number of aliphatic hydroxyl groups is 1. The van der Waals surface area contributed by atoms with Crippen molar-refractivity contribution in [3.8, 4) is 33.8 Å². The molecule has 2 aromatic heterocycles. The van der Waals surface area contributed by atoms with Crippen LogP contribution < -0.4 is 0 Å². The number of imidazole rings is 1. The van der Waals surface area contributed by atoms with Gasteiger partial charge in [0.2, 0.25) is 0 Å². The van der Waals surface area contributed by atoms with Crippen LogP contribution in [0.1, 0.15) is 33.0 Å². The summed E-state index contributed by atoms with van der Waals surface area (Å²) in [7, 11) is -4.06. The number of aldehydes is 1. The van der Waals surface area contributed by atoms with Crippen LogP contribution in [0.15, 0.2) is 65.8 Å². The fourth-order valence-corrected chi connectivity index (χ4v) is 5.80. The maximum absolute atomic E-state index is 15.0. The Hall–Kier alpha value is -4.90. The monoisotopic (exact) mass is 667 g/mol. The molecule has 240 valence electrons. The fraction of sp³-hybridized carbons (Fsp3) is 0.172. The highest BCUT2D eigenvalue weighted by Gasteiger charge is 2.35. The van der Waals surface area contributed by atoms with Crippen LogP contribution in [0.25, 0.3) is 33.8 Å². The summed E-state index contributed by atoms with van der Waals surface area (Å²) < 4.78 is 123. The number of hydrogen-bond acceptors (Lipinski definition) is 7. The molecule has 5 rings (SSSR count). The molecule has 0 radical (unpaired) electrons. The topological polar surface area (TPSA) is 120 Å². The average molecular weight is 668 g/mol. The van der Waals surface area contributed by atoms with E-state index >= 15 is 4.39 Å². The molecule has 0 amide bonds. The standard InChI is InChI=1S/C29H20F7N5O4S/c1-15-38-27(29(34,35)36)12-40(15)23-6-4-16(18-7-22(30)21(14-43)26(9-18)46(2,44)45)8-24(23)41-25(11-37-39-41)20-10-19(28(31,32)33)5-3-17(20)13-42/h3-13,43H,14H2,1-2H3. The summed E-state index contributed by atoms with van der Waals surface area (Å²) in [6, 6.07) is 8.24. The molecule has 2 heterocycles.